The van der Waals surface area contributed by atoms with Crippen molar-refractivity contribution < 1.29 is 8.78 Å². The highest BCUT2D eigenvalue weighted by Gasteiger charge is 2.20. The third-order valence-electron chi connectivity index (χ3n) is 1.95. The SMILES string of the molecule is CC(C)(N)c1cccc(F)c1CF. The van der Waals surface area contributed by atoms with Gasteiger partial charge in [0.2, 0.25) is 0 Å². The molecule has 2 N–H and O–H groups in total. The van der Waals surface area contributed by atoms with E-state index in [4.69, 9.17) is 5.73 Å². The van der Waals surface area contributed by atoms with Gasteiger partial charge in [-0.15, -0.1) is 0 Å². The van der Waals surface area contributed by atoms with Crippen LogP contribution < -0.4 is 5.73 Å². The molecule has 1 aromatic rings. The van der Waals surface area contributed by atoms with Gasteiger partial charge in [-0.3, -0.25) is 0 Å². The fourth-order valence-electron chi connectivity index (χ4n) is 1.30. The number of benzene rings is 1. The number of halogens is 2. The van der Waals surface area contributed by atoms with E-state index in [1.165, 1.54) is 6.07 Å². The average molecular weight is 185 g/mol. The van der Waals surface area contributed by atoms with Crippen LogP contribution in [-0.4, -0.2) is 0 Å². The maximum absolute atomic E-state index is 13.1. The molecule has 0 aliphatic carbocycles. The van der Waals surface area contributed by atoms with Gasteiger partial charge in [0.15, 0.2) is 0 Å². The van der Waals surface area contributed by atoms with Crippen molar-refractivity contribution in [1.29, 1.82) is 0 Å². The summed E-state index contributed by atoms with van der Waals surface area (Å²) >= 11 is 0. The van der Waals surface area contributed by atoms with Crippen molar-refractivity contribution in [3.05, 3.63) is 35.1 Å². The zero-order chi connectivity index (χ0) is 10.1. The lowest BCUT2D eigenvalue weighted by atomic mass is 9.91. The van der Waals surface area contributed by atoms with Crippen LogP contribution in [0.15, 0.2) is 18.2 Å². The van der Waals surface area contributed by atoms with E-state index in [1.807, 2.05) is 0 Å². The highest BCUT2D eigenvalue weighted by atomic mass is 19.1. The molecule has 0 heterocycles. The number of alkyl halides is 1. The molecular formula is C10H13F2N. The van der Waals surface area contributed by atoms with Gasteiger partial charge in [-0.05, 0) is 25.5 Å². The molecule has 0 saturated carbocycles. The number of hydrogen-bond donors (Lipinski definition) is 1. The highest BCUT2D eigenvalue weighted by Crippen LogP contribution is 2.24. The van der Waals surface area contributed by atoms with Gasteiger partial charge in [-0.2, -0.15) is 0 Å². The lowest BCUT2D eigenvalue weighted by Crippen LogP contribution is -2.30. The minimum Gasteiger partial charge on any atom is -0.322 e. The molecule has 0 atom stereocenters. The fourth-order valence-corrected chi connectivity index (χ4v) is 1.30. The van der Waals surface area contributed by atoms with E-state index in [9.17, 15) is 8.78 Å². The van der Waals surface area contributed by atoms with Gasteiger partial charge < -0.3 is 5.73 Å². The first-order chi connectivity index (χ1) is 5.96. The molecule has 0 spiro atoms. The van der Waals surface area contributed by atoms with Crippen LogP contribution in [0.2, 0.25) is 0 Å². The molecular weight excluding hydrogens is 172 g/mol. The Morgan fingerprint density at radius 2 is 2.00 bits per heavy atom. The minimum absolute atomic E-state index is 0.0648. The number of nitrogens with two attached hydrogens (primary N) is 1. The molecule has 0 unspecified atom stereocenters. The van der Waals surface area contributed by atoms with Gasteiger partial charge in [0.05, 0.1) is 0 Å². The smallest absolute Gasteiger partial charge is 0.129 e. The van der Waals surface area contributed by atoms with Crippen molar-refractivity contribution in [2.24, 2.45) is 5.73 Å². The molecule has 3 heteroatoms. The molecule has 0 aromatic heterocycles. The summed E-state index contributed by atoms with van der Waals surface area (Å²) in [7, 11) is 0. The lowest BCUT2D eigenvalue weighted by molar-refractivity contribution is 0.444. The predicted octanol–water partition coefficient (Wildman–Crippen LogP) is 2.49. The molecule has 0 aliphatic rings. The van der Waals surface area contributed by atoms with Crippen molar-refractivity contribution in [2.75, 3.05) is 0 Å². The lowest BCUT2D eigenvalue weighted by Gasteiger charge is -2.22. The average Bonchev–Trinajstić information content (AvgIpc) is 2.02. The maximum Gasteiger partial charge on any atom is 0.129 e. The van der Waals surface area contributed by atoms with E-state index in [2.05, 4.69) is 0 Å². The van der Waals surface area contributed by atoms with Crippen molar-refractivity contribution in [3.8, 4) is 0 Å². The monoisotopic (exact) mass is 185 g/mol. The number of hydrogen-bond acceptors (Lipinski definition) is 1. The van der Waals surface area contributed by atoms with Crippen LogP contribution in [0.1, 0.15) is 25.0 Å². The van der Waals surface area contributed by atoms with Gasteiger partial charge in [-0.1, -0.05) is 12.1 Å². The quantitative estimate of drug-likeness (QED) is 0.752. The molecule has 72 valence electrons. The summed E-state index contributed by atoms with van der Waals surface area (Å²) in [5.41, 5.74) is 5.65. The van der Waals surface area contributed by atoms with Gasteiger partial charge in [0.1, 0.15) is 12.5 Å². The first kappa shape index (κ1) is 10.1. The van der Waals surface area contributed by atoms with E-state index in [0.29, 0.717) is 5.56 Å². The predicted molar refractivity (Wildman–Crippen MR) is 48.4 cm³/mol. The van der Waals surface area contributed by atoms with Crippen molar-refractivity contribution in [2.45, 2.75) is 26.1 Å². The second-order valence-electron chi connectivity index (χ2n) is 3.62. The topological polar surface area (TPSA) is 26.0 Å². The number of rotatable bonds is 2. The molecule has 0 aliphatic heterocycles. The van der Waals surface area contributed by atoms with Crippen LogP contribution in [-0.2, 0) is 12.2 Å². The van der Waals surface area contributed by atoms with Crippen LogP contribution in [0, 0.1) is 5.82 Å². The molecule has 0 fully saturated rings. The van der Waals surface area contributed by atoms with Gasteiger partial charge in [0.25, 0.3) is 0 Å². The normalized spacial score (nSPS) is 11.8. The Balaban J connectivity index is 3.29. The Labute approximate surface area is 76.6 Å². The molecule has 0 bridgehead atoms. The molecule has 1 rings (SSSR count). The van der Waals surface area contributed by atoms with E-state index < -0.39 is 18.0 Å². The van der Waals surface area contributed by atoms with Gasteiger partial charge in [-0.25, -0.2) is 8.78 Å². The van der Waals surface area contributed by atoms with E-state index in [0.717, 1.165) is 0 Å². The summed E-state index contributed by atoms with van der Waals surface area (Å²) in [5, 5.41) is 0. The highest BCUT2D eigenvalue weighted by molar-refractivity contribution is 5.33. The first-order valence-corrected chi connectivity index (χ1v) is 4.09. The van der Waals surface area contributed by atoms with Crippen LogP contribution in [0.25, 0.3) is 0 Å². The Kier molecular flexibility index (Phi) is 2.66. The second kappa shape index (κ2) is 3.42. The van der Waals surface area contributed by atoms with E-state index in [-0.39, 0.29) is 5.56 Å². The third kappa shape index (κ3) is 2.04. The first-order valence-electron chi connectivity index (χ1n) is 4.09. The summed E-state index contributed by atoms with van der Waals surface area (Å²) in [6.07, 6.45) is 0. The van der Waals surface area contributed by atoms with Crippen LogP contribution in [0.5, 0.6) is 0 Å². The zero-order valence-corrected chi connectivity index (χ0v) is 7.77. The Morgan fingerprint density at radius 1 is 1.38 bits per heavy atom. The summed E-state index contributed by atoms with van der Waals surface area (Å²) in [4.78, 5) is 0. The standard InChI is InChI=1S/C10H13F2N/c1-10(2,13)8-4-3-5-9(12)7(8)6-11/h3-5H,6,13H2,1-2H3. The third-order valence-corrected chi connectivity index (χ3v) is 1.95. The van der Waals surface area contributed by atoms with Crippen LogP contribution >= 0.6 is 0 Å². The van der Waals surface area contributed by atoms with Gasteiger partial charge >= 0.3 is 0 Å². The molecule has 0 amide bonds. The Bertz CT molecular complexity index is 302. The summed E-state index contributed by atoms with van der Waals surface area (Å²) < 4.78 is 25.6. The summed E-state index contributed by atoms with van der Waals surface area (Å²) in [6, 6.07) is 4.43. The molecule has 13 heavy (non-hydrogen) atoms. The van der Waals surface area contributed by atoms with Crippen molar-refractivity contribution in [1.82, 2.24) is 0 Å². The summed E-state index contributed by atoms with van der Waals surface area (Å²) in [6.45, 7) is 2.63. The van der Waals surface area contributed by atoms with Crippen molar-refractivity contribution in [3.63, 3.8) is 0 Å². The molecule has 0 radical (unpaired) electrons. The fraction of sp³-hybridized carbons (Fsp3) is 0.400. The van der Waals surface area contributed by atoms with Crippen molar-refractivity contribution >= 4 is 0 Å². The second-order valence-corrected chi connectivity index (χ2v) is 3.62. The Morgan fingerprint density at radius 3 is 2.38 bits per heavy atom. The summed E-state index contributed by atoms with van der Waals surface area (Å²) in [5.74, 6) is -0.529. The maximum atomic E-state index is 13.1. The minimum atomic E-state index is -0.817. The van der Waals surface area contributed by atoms with E-state index >= 15 is 0 Å². The van der Waals surface area contributed by atoms with E-state index in [1.54, 1.807) is 26.0 Å². The Hall–Kier alpha value is -0.960. The van der Waals surface area contributed by atoms with Gasteiger partial charge in [0, 0.05) is 11.1 Å². The van der Waals surface area contributed by atoms with Crippen LogP contribution in [0.4, 0.5) is 8.78 Å². The molecule has 1 nitrogen and oxygen atoms in total. The molecule has 0 saturated heterocycles. The van der Waals surface area contributed by atoms with Crippen LogP contribution in [0.3, 0.4) is 0 Å². The molecule has 1 aromatic carbocycles. The largest absolute Gasteiger partial charge is 0.322 e. The zero-order valence-electron chi connectivity index (χ0n) is 7.77.